The number of Topliss-reactive ketones (excluding diaryl/α,β-unsaturated/α-hetero) is 1. The lowest BCUT2D eigenvalue weighted by Gasteiger charge is -2.12. The van der Waals surface area contributed by atoms with Crippen LogP contribution in [-0.4, -0.2) is 5.78 Å². The molecular formula is C20H14ClFO. The van der Waals surface area contributed by atoms with E-state index in [-0.39, 0.29) is 5.78 Å². The van der Waals surface area contributed by atoms with E-state index in [1.54, 1.807) is 18.2 Å². The van der Waals surface area contributed by atoms with E-state index in [1.807, 2.05) is 30.4 Å². The molecule has 1 aliphatic carbocycles. The Morgan fingerprint density at radius 3 is 2.57 bits per heavy atom. The van der Waals surface area contributed by atoms with Crippen LogP contribution in [0.5, 0.6) is 0 Å². The molecule has 0 atom stereocenters. The molecule has 0 saturated heterocycles. The summed E-state index contributed by atoms with van der Waals surface area (Å²) in [4.78, 5) is 12.8. The first-order valence-electron chi connectivity index (χ1n) is 7.21. The average molecular weight is 325 g/mol. The van der Waals surface area contributed by atoms with E-state index in [0.29, 0.717) is 28.2 Å². The number of halogens is 2. The van der Waals surface area contributed by atoms with Crippen molar-refractivity contribution in [3.63, 3.8) is 0 Å². The first-order valence-corrected chi connectivity index (χ1v) is 7.59. The molecule has 0 spiro atoms. The summed E-state index contributed by atoms with van der Waals surface area (Å²) in [5.74, 6) is -0.686. The Bertz CT molecular complexity index is 844. The van der Waals surface area contributed by atoms with Gasteiger partial charge in [0.1, 0.15) is 5.82 Å². The largest absolute Gasteiger partial charge is 0.289 e. The summed E-state index contributed by atoms with van der Waals surface area (Å²) in [6.07, 6.45) is 6.25. The molecule has 1 aliphatic rings. The highest BCUT2D eigenvalue weighted by Crippen LogP contribution is 2.29. The number of hydrogen-bond donors (Lipinski definition) is 0. The molecule has 23 heavy (non-hydrogen) atoms. The van der Waals surface area contributed by atoms with Gasteiger partial charge in [0.15, 0.2) is 5.78 Å². The minimum Gasteiger partial charge on any atom is -0.289 e. The van der Waals surface area contributed by atoms with Gasteiger partial charge >= 0.3 is 0 Å². The first-order chi connectivity index (χ1) is 11.1. The maximum atomic E-state index is 13.6. The van der Waals surface area contributed by atoms with Gasteiger partial charge in [-0.3, -0.25) is 4.79 Å². The van der Waals surface area contributed by atoms with Crippen molar-refractivity contribution in [2.24, 2.45) is 0 Å². The van der Waals surface area contributed by atoms with Gasteiger partial charge in [-0.1, -0.05) is 54.6 Å². The number of hydrogen-bond acceptors (Lipinski definition) is 1. The van der Waals surface area contributed by atoms with Gasteiger partial charge in [0.2, 0.25) is 0 Å². The van der Waals surface area contributed by atoms with Gasteiger partial charge < -0.3 is 0 Å². The summed E-state index contributed by atoms with van der Waals surface area (Å²) in [6.45, 7) is 3.94. The fourth-order valence-corrected chi connectivity index (χ4v) is 2.71. The second kappa shape index (κ2) is 6.35. The highest BCUT2D eigenvalue weighted by atomic mass is 35.5. The summed E-state index contributed by atoms with van der Waals surface area (Å²) in [7, 11) is 0. The Morgan fingerprint density at radius 1 is 1.09 bits per heavy atom. The molecule has 3 heteroatoms. The Kier molecular flexibility index (Phi) is 4.26. The second-order valence-corrected chi connectivity index (χ2v) is 5.77. The Balaban J connectivity index is 2.09. The Hall–Kier alpha value is -2.45. The average Bonchev–Trinajstić information content (AvgIpc) is 2.60. The minimum absolute atomic E-state index is 0.260. The van der Waals surface area contributed by atoms with Gasteiger partial charge in [-0.25, -0.2) is 4.39 Å². The molecule has 0 heterocycles. The molecule has 0 aliphatic heterocycles. The van der Waals surface area contributed by atoms with Crippen molar-refractivity contribution in [1.82, 2.24) is 0 Å². The normalized spacial score (nSPS) is 16.0. The van der Waals surface area contributed by atoms with Crippen molar-refractivity contribution in [1.29, 1.82) is 0 Å². The van der Waals surface area contributed by atoms with E-state index in [0.717, 1.165) is 11.1 Å². The first kappa shape index (κ1) is 15.4. The third-order valence-electron chi connectivity index (χ3n) is 3.81. The molecule has 0 unspecified atom stereocenters. The molecule has 0 saturated carbocycles. The fourth-order valence-electron chi connectivity index (χ4n) is 2.58. The number of fused-ring (bicyclic) bond motifs is 1. The standard InChI is InChI=1S/C20H14ClFO/c1-13-18(15-6-9-16(21)10-7-15)5-3-2-4-14-8-11-17(22)12-19(14)20(13)23/h2-3,5-12H,1,4H2/b3-2-,18-5?. The van der Waals surface area contributed by atoms with Crippen molar-refractivity contribution in [2.75, 3.05) is 0 Å². The molecule has 114 valence electrons. The number of benzene rings is 2. The predicted octanol–water partition coefficient (Wildman–Crippen LogP) is 5.41. The third kappa shape index (κ3) is 3.17. The maximum absolute atomic E-state index is 13.6. The molecule has 2 aromatic rings. The molecule has 0 fully saturated rings. The van der Waals surface area contributed by atoms with Crippen LogP contribution in [0.2, 0.25) is 5.02 Å². The molecular weight excluding hydrogens is 311 g/mol. The van der Waals surface area contributed by atoms with E-state index in [2.05, 4.69) is 6.58 Å². The van der Waals surface area contributed by atoms with E-state index in [1.165, 1.54) is 12.1 Å². The maximum Gasteiger partial charge on any atom is 0.193 e. The van der Waals surface area contributed by atoms with Crippen LogP contribution in [0.3, 0.4) is 0 Å². The Morgan fingerprint density at radius 2 is 1.83 bits per heavy atom. The summed E-state index contributed by atoms with van der Waals surface area (Å²) in [5, 5.41) is 0.623. The molecule has 0 aromatic heterocycles. The summed E-state index contributed by atoms with van der Waals surface area (Å²) in [5.41, 5.74) is 3.05. The van der Waals surface area contributed by atoms with Crippen molar-refractivity contribution in [3.05, 3.63) is 100 Å². The summed E-state index contributed by atoms with van der Waals surface area (Å²) < 4.78 is 13.6. The number of allylic oxidation sites excluding steroid dienone is 5. The van der Waals surface area contributed by atoms with Gasteiger partial charge in [-0.2, -0.15) is 0 Å². The van der Waals surface area contributed by atoms with E-state index in [4.69, 9.17) is 11.6 Å². The lowest BCUT2D eigenvalue weighted by atomic mass is 9.91. The number of rotatable bonds is 1. The van der Waals surface area contributed by atoms with Gasteiger partial charge in [-0.15, -0.1) is 0 Å². The van der Waals surface area contributed by atoms with E-state index in [9.17, 15) is 9.18 Å². The van der Waals surface area contributed by atoms with Crippen LogP contribution in [0.25, 0.3) is 5.57 Å². The van der Waals surface area contributed by atoms with Crippen molar-refractivity contribution < 1.29 is 9.18 Å². The van der Waals surface area contributed by atoms with Gasteiger partial charge in [0.05, 0.1) is 0 Å². The second-order valence-electron chi connectivity index (χ2n) is 5.33. The minimum atomic E-state index is -0.426. The monoisotopic (exact) mass is 324 g/mol. The van der Waals surface area contributed by atoms with Gasteiger partial charge in [0.25, 0.3) is 0 Å². The molecule has 3 rings (SSSR count). The van der Waals surface area contributed by atoms with Crippen LogP contribution in [0.15, 0.2) is 72.8 Å². The van der Waals surface area contributed by atoms with E-state index >= 15 is 0 Å². The van der Waals surface area contributed by atoms with Gasteiger partial charge in [0, 0.05) is 16.2 Å². The van der Waals surface area contributed by atoms with Crippen LogP contribution in [0.4, 0.5) is 4.39 Å². The zero-order valence-electron chi connectivity index (χ0n) is 12.4. The lowest BCUT2D eigenvalue weighted by Crippen LogP contribution is -2.08. The fraction of sp³-hybridized carbons (Fsp3) is 0.0500. The van der Waals surface area contributed by atoms with E-state index < -0.39 is 5.82 Å². The Labute approximate surface area is 139 Å². The molecule has 0 bridgehead atoms. The van der Waals surface area contributed by atoms with Crippen molar-refractivity contribution in [2.45, 2.75) is 6.42 Å². The third-order valence-corrected chi connectivity index (χ3v) is 4.06. The van der Waals surface area contributed by atoms with Crippen LogP contribution in [0.1, 0.15) is 21.5 Å². The molecule has 2 aromatic carbocycles. The van der Waals surface area contributed by atoms with Crippen LogP contribution < -0.4 is 0 Å². The zero-order chi connectivity index (χ0) is 16.4. The predicted molar refractivity (Wildman–Crippen MR) is 92.1 cm³/mol. The zero-order valence-corrected chi connectivity index (χ0v) is 13.1. The highest BCUT2D eigenvalue weighted by molar-refractivity contribution is 6.30. The smallest absolute Gasteiger partial charge is 0.193 e. The summed E-state index contributed by atoms with van der Waals surface area (Å²) in [6, 6.07) is 11.5. The number of carbonyl (C=O) groups is 1. The lowest BCUT2D eigenvalue weighted by molar-refractivity contribution is 0.103. The van der Waals surface area contributed by atoms with Crippen LogP contribution >= 0.6 is 11.6 Å². The highest BCUT2D eigenvalue weighted by Gasteiger charge is 2.19. The number of ketones is 1. The molecule has 0 amide bonds. The molecule has 0 radical (unpaired) electrons. The topological polar surface area (TPSA) is 17.1 Å². The van der Waals surface area contributed by atoms with Crippen LogP contribution in [-0.2, 0) is 6.42 Å². The molecule has 0 N–H and O–H groups in total. The molecule has 1 nitrogen and oxygen atoms in total. The van der Waals surface area contributed by atoms with Crippen LogP contribution in [0, 0.1) is 5.82 Å². The SMILES string of the molecule is C=C1C(=O)c2cc(F)ccc2C/C=C\C=C1c1ccc(Cl)cc1. The van der Waals surface area contributed by atoms with Crippen molar-refractivity contribution >= 4 is 23.0 Å². The quantitative estimate of drug-likeness (QED) is 0.641. The van der Waals surface area contributed by atoms with Gasteiger partial charge in [-0.05, 0) is 47.4 Å². The number of carbonyl (C=O) groups excluding carboxylic acids is 1. The summed E-state index contributed by atoms with van der Waals surface area (Å²) >= 11 is 5.92. The van der Waals surface area contributed by atoms with Crippen molar-refractivity contribution in [3.8, 4) is 0 Å².